The first-order chi connectivity index (χ1) is 7.13. The fourth-order valence-electron chi connectivity index (χ4n) is 1.37. The van der Waals surface area contributed by atoms with E-state index in [9.17, 15) is 0 Å². The average molecular weight is 291 g/mol. The number of benzene rings is 1. The number of hydrogen-bond acceptors (Lipinski definition) is 1. The molecule has 0 aliphatic rings. The summed E-state index contributed by atoms with van der Waals surface area (Å²) >= 11 is 9.41. The summed E-state index contributed by atoms with van der Waals surface area (Å²) in [7, 11) is 0. The van der Waals surface area contributed by atoms with E-state index in [1.807, 2.05) is 13.0 Å². The molecule has 0 aliphatic heterocycles. The predicted molar refractivity (Wildman–Crippen MR) is 70.9 cm³/mol. The molecule has 0 bridgehead atoms. The molecule has 0 spiro atoms. The van der Waals surface area contributed by atoms with Gasteiger partial charge in [-0.25, -0.2) is 0 Å². The van der Waals surface area contributed by atoms with Gasteiger partial charge in [-0.1, -0.05) is 39.7 Å². The Morgan fingerprint density at radius 3 is 2.80 bits per heavy atom. The van der Waals surface area contributed by atoms with Gasteiger partial charge in [0.25, 0.3) is 0 Å². The zero-order valence-corrected chi connectivity index (χ0v) is 11.5. The van der Waals surface area contributed by atoms with E-state index < -0.39 is 0 Å². The number of halogens is 2. The second-order valence-electron chi connectivity index (χ2n) is 3.84. The molecule has 1 rings (SSSR count). The molecule has 1 atom stereocenters. The van der Waals surface area contributed by atoms with Gasteiger partial charge in [-0.05, 0) is 37.5 Å². The lowest BCUT2D eigenvalue weighted by molar-refractivity contribution is 0.538. The molecule has 0 saturated carbocycles. The van der Waals surface area contributed by atoms with Gasteiger partial charge in [0.1, 0.15) is 0 Å². The van der Waals surface area contributed by atoms with Gasteiger partial charge >= 0.3 is 0 Å². The van der Waals surface area contributed by atoms with Crippen molar-refractivity contribution in [2.75, 3.05) is 5.33 Å². The summed E-state index contributed by atoms with van der Waals surface area (Å²) in [5.41, 5.74) is 2.43. The fraction of sp³-hybridized carbons (Fsp3) is 0.500. The molecular weight excluding hydrogens is 273 g/mol. The van der Waals surface area contributed by atoms with Gasteiger partial charge in [-0.2, -0.15) is 0 Å². The van der Waals surface area contributed by atoms with Crippen LogP contribution >= 0.6 is 27.5 Å². The van der Waals surface area contributed by atoms with E-state index in [1.165, 1.54) is 5.56 Å². The Hall–Kier alpha value is -0.0500. The van der Waals surface area contributed by atoms with Gasteiger partial charge in [0.15, 0.2) is 0 Å². The Morgan fingerprint density at radius 1 is 1.47 bits per heavy atom. The first kappa shape index (κ1) is 13.0. The van der Waals surface area contributed by atoms with Crippen LogP contribution in [0.5, 0.6) is 0 Å². The van der Waals surface area contributed by atoms with E-state index in [0.29, 0.717) is 6.04 Å². The first-order valence-electron chi connectivity index (χ1n) is 5.18. The van der Waals surface area contributed by atoms with Crippen LogP contribution in [-0.4, -0.2) is 11.4 Å². The molecule has 1 aromatic carbocycles. The molecule has 0 aliphatic carbocycles. The molecule has 1 nitrogen and oxygen atoms in total. The maximum absolute atomic E-state index is 5.97. The van der Waals surface area contributed by atoms with Crippen molar-refractivity contribution >= 4 is 27.5 Å². The molecule has 0 aromatic heterocycles. The van der Waals surface area contributed by atoms with E-state index in [-0.39, 0.29) is 0 Å². The Morgan fingerprint density at radius 2 is 2.20 bits per heavy atom. The summed E-state index contributed by atoms with van der Waals surface area (Å²) in [4.78, 5) is 0. The van der Waals surface area contributed by atoms with Crippen molar-refractivity contribution < 1.29 is 0 Å². The van der Waals surface area contributed by atoms with E-state index in [2.05, 4.69) is 40.3 Å². The molecule has 1 N–H and O–H groups in total. The topological polar surface area (TPSA) is 12.0 Å². The Labute approximate surface area is 105 Å². The van der Waals surface area contributed by atoms with Gasteiger partial charge < -0.3 is 5.32 Å². The molecule has 1 aromatic rings. The number of nitrogens with one attached hydrogen (secondary N) is 1. The minimum atomic E-state index is 0.542. The van der Waals surface area contributed by atoms with Crippen LogP contribution < -0.4 is 5.32 Å². The predicted octanol–water partition coefficient (Wildman–Crippen LogP) is 3.91. The molecule has 1 unspecified atom stereocenters. The highest BCUT2D eigenvalue weighted by atomic mass is 79.9. The van der Waals surface area contributed by atoms with Crippen LogP contribution in [0.3, 0.4) is 0 Å². The molecule has 0 fully saturated rings. The summed E-state index contributed by atoms with van der Waals surface area (Å²) < 4.78 is 0. The van der Waals surface area contributed by atoms with Crippen molar-refractivity contribution in [3.8, 4) is 0 Å². The third-order valence-electron chi connectivity index (χ3n) is 2.42. The Bertz CT molecular complexity index is 314. The molecular formula is C12H17BrClN. The third kappa shape index (κ3) is 4.54. The second kappa shape index (κ2) is 6.51. The second-order valence-corrected chi connectivity index (χ2v) is 5.04. The van der Waals surface area contributed by atoms with E-state index >= 15 is 0 Å². The maximum atomic E-state index is 5.97. The molecule has 15 heavy (non-hydrogen) atoms. The number of hydrogen-bond donors (Lipinski definition) is 1. The lowest BCUT2D eigenvalue weighted by Gasteiger charge is -2.12. The van der Waals surface area contributed by atoms with E-state index in [1.54, 1.807) is 0 Å². The van der Waals surface area contributed by atoms with Gasteiger partial charge in [-0.3, -0.25) is 0 Å². The van der Waals surface area contributed by atoms with Crippen molar-refractivity contribution in [2.45, 2.75) is 32.9 Å². The minimum Gasteiger partial charge on any atom is -0.310 e. The van der Waals surface area contributed by atoms with Crippen LogP contribution in [0.1, 0.15) is 24.5 Å². The third-order valence-corrected chi connectivity index (χ3v) is 3.30. The quantitative estimate of drug-likeness (QED) is 0.811. The van der Waals surface area contributed by atoms with Crippen molar-refractivity contribution in [2.24, 2.45) is 0 Å². The molecule has 84 valence electrons. The van der Waals surface area contributed by atoms with E-state index in [4.69, 9.17) is 11.6 Å². The maximum Gasteiger partial charge on any atom is 0.0435 e. The zero-order chi connectivity index (χ0) is 11.3. The lowest BCUT2D eigenvalue weighted by atomic mass is 10.1. The summed E-state index contributed by atoms with van der Waals surface area (Å²) in [6.45, 7) is 5.14. The van der Waals surface area contributed by atoms with Crippen LogP contribution in [0.2, 0.25) is 5.02 Å². The SMILES string of the molecule is Cc1cc(CNC(C)CCBr)ccc1Cl. The lowest BCUT2D eigenvalue weighted by Crippen LogP contribution is -2.25. The molecule has 0 heterocycles. The number of rotatable bonds is 5. The zero-order valence-electron chi connectivity index (χ0n) is 9.19. The van der Waals surface area contributed by atoms with Crippen molar-refractivity contribution in [3.05, 3.63) is 34.3 Å². The van der Waals surface area contributed by atoms with Gasteiger partial charge in [0.05, 0.1) is 0 Å². The average Bonchev–Trinajstić information content (AvgIpc) is 2.20. The van der Waals surface area contributed by atoms with Gasteiger partial charge in [-0.15, -0.1) is 0 Å². The molecule has 0 amide bonds. The normalized spacial score (nSPS) is 12.8. The molecule has 0 saturated heterocycles. The van der Waals surface area contributed by atoms with Crippen LogP contribution in [0.25, 0.3) is 0 Å². The Balaban J connectivity index is 2.47. The fourth-order valence-corrected chi connectivity index (χ4v) is 2.18. The van der Waals surface area contributed by atoms with E-state index in [0.717, 1.165) is 28.9 Å². The van der Waals surface area contributed by atoms with Crippen LogP contribution in [0.4, 0.5) is 0 Å². The highest BCUT2D eigenvalue weighted by Crippen LogP contribution is 2.16. The number of alkyl halides is 1. The Kier molecular flexibility index (Phi) is 5.65. The number of aryl methyl sites for hydroxylation is 1. The highest BCUT2D eigenvalue weighted by Gasteiger charge is 2.01. The summed E-state index contributed by atoms with van der Waals surface area (Å²) in [5, 5.41) is 5.36. The van der Waals surface area contributed by atoms with Crippen LogP contribution in [0, 0.1) is 6.92 Å². The van der Waals surface area contributed by atoms with Crippen molar-refractivity contribution in [1.29, 1.82) is 0 Å². The monoisotopic (exact) mass is 289 g/mol. The standard InChI is InChI=1S/C12H17BrClN/c1-9-7-11(3-4-12(9)14)8-15-10(2)5-6-13/h3-4,7,10,15H,5-6,8H2,1-2H3. The van der Waals surface area contributed by atoms with Crippen LogP contribution in [0.15, 0.2) is 18.2 Å². The van der Waals surface area contributed by atoms with Gasteiger partial charge in [0, 0.05) is 22.9 Å². The van der Waals surface area contributed by atoms with Crippen LogP contribution in [-0.2, 0) is 6.54 Å². The smallest absolute Gasteiger partial charge is 0.0435 e. The minimum absolute atomic E-state index is 0.542. The van der Waals surface area contributed by atoms with Gasteiger partial charge in [0.2, 0.25) is 0 Å². The first-order valence-corrected chi connectivity index (χ1v) is 6.68. The van der Waals surface area contributed by atoms with Crippen molar-refractivity contribution in [1.82, 2.24) is 5.32 Å². The summed E-state index contributed by atoms with van der Waals surface area (Å²) in [5.74, 6) is 0. The summed E-state index contributed by atoms with van der Waals surface area (Å²) in [6.07, 6.45) is 1.15. The molecule has 0 radical (unpaired) electrons. The largest absolute Gasteiger partial charge is 0.310 e. The highest BCUT2D eigenvalue weighted by molar-refractivity contribution is 9.09. The molecule has 3 heteroatoms. The van der Waals surface area contributed by atoms with Crippen molar-refractivity contribution in [3.63, 3.8) is 0 Å². The summed E-state index contributed by atoms with van der Waals surface area (Å²) in [6, 6.07) is 6.71.